The zero-order valence-corrected chi connectivity index (χ0v) is 12.2. The summed E-state index contributed by atoms with van der Waals surface area (Å²) in [7, 11) is 0. The Hall–Kier alpha value is -1.13. The number of nitrogens with one attached hydrogen (secondary N) is 2. The molecule has 2 N–H and O–H groups in total. The van der Waals surface area contributed by atoms with Crippen LogP contribution in [-0.2, 0) is 0 Å². The number of fused-ring (bicyclic) bond motifs is 1. The third-order valence-corrected chi connectivity index (χ3v) is 3.58. The largest absolute Gasteiger partial charge is 0.360 e. The van der Waals surface area contributed by atoms with Gasteiger partial charge in [-0.05, 0) is 31.2 Å². The molecular formula is C14H17BrN2O. The van der Waals surface area contributed by atoms with E-state index in [-0.39, 0.29) is 11.8 Å². The van der Waals surface area contributed by atoms with Gasteiger partial charge in [-0.1, -0.05) is 29.8 Å². The van der Waals surface area contributed by atoms with E-state index in [9.17, 15) is 4.79 Å². The molecule has 0 aliphatic rings. The third kappa shape index (κ3) is 2.49. The van der Waals surface area contributed by atoms with E-state index < -0.39 is 0 Å². The summed E-state index contributed by atoms with van der Waals surface area (Å²) in [6, 6.07) is 5.82. The standard InChI is InChI=1S/C14H17BrN2O/c1-3-12(16-4-2)14(18)11-8-17-13-6-5-9(15)7-10(11)13/h5-8,12,16-17H,3-4H2,1-2H3. The van der Waals surface area contributed by atoms with E-state index in [0.29, 0.717) is 0 Å². The van der Waals surface area contributed by atoms with E-state index in [1.165, 1.54) is 0 Å². The van der Waals surface area contributed by atoms with Gasteiger partial charge in [0, 0.05) is 27.1 Å². The average Bonchev–Trinajstić information content (AvgIpc) is 2.78. The van der Waals surface area contributed by atoms with Gasteiger partial charge in [0.05, 0.1) is 6.04 Å². The van der Waals surface area contributed by atoms with E-state index in [0.717, 1.165) is 33.9 Å². The van der Waals surface area contributed by atoms with Crippen LogP contribution in [0.2, 0.25) is 0 Å². The molecule has 1 unspecified atom stereocenters. The van der Waals surface area contributed by atoms with Gasteiger partial charge in [-0.25, -0.2) is 0 Å². The Morgan fingerprint density at radius 1 is 1.44 bits per heavy atom. The molecule has 0 saturated heterocycles. The number of aromatic amines is 1. The van der Waals surface area contributed by atoms with Gasteiger partial charge < -0.3 is 10.3 Å². The van der Waals surface area contributed by atoms with Crippen molar-refractivity contribution in [1.82, 2.24) is 10.3 Å². The van der Waals surface area contributed by atoms with Crippen molar-refractivity contribution in [2.75, 3.05) is 6.54 Å². The molecule has 1 atom stereocenters. The van der Waals surface area contributed by atoms with Crippen LogP contribution >= 0.6 is 15.9 Å². The molecule has 0 bridgehead atoms. The zero-order chi connectivity index (χ0) is 13.1. The highest BCUT2D eigenvalue weighted by atomic mass is 79.9. The Labute approximate surface area is 115 Å². The van der Waals surface area contributed by atoms with Crippen molar-refractivity contribution in [2.24, 2.45) is 0 Å². The van der Waals surface area contributed by atoms with Crippen molar-refractivity contribution < 1.29 is 4.79 Å². The summed E-state index contributed by atoms with van der Waals surface area (Å²) in [4.78, 5) is 15.6. The highest BCUT2D eigenvalue weighted by Gasteiger charge is 2.20. The maximum atomic E-state index is 12.5. The number of hydrogen-bond donors (Lipinski definition) is 2. The number of carbonyl (C=O) groups excluding carboxylic acids is 1. The summed E-state index contributed by atoms with van der Waals surface area (Å²) in [6.45, 7) is 4.84. The molecule has 0 saturated carbocycles. The molecule has 1 heterocycles. The van der Waals surface area contributed by atoms with Crippen molar-refractivity contribution in [1.29, 1.82) is 0 Å². The molecule has 0 radical (unpaired) electrons. The number of H-pyrrole nitrogens is 1. The first-order chi connectivity index (χ1) is 8.67. The Balaban J connectivity index is 2.41. The van der Waals surface area contributed by atoms with E-state index >= 15 is 0 Å². The van der Waals surface area contributed by atoms with Crippen LogP contribution in [-0.4, -0.2) is 23.4 Å². The Bertz CT molecular complexity index is 562. The minimum absolute atomic E-state index is 0.104. The van der Waals surface area contributed by atoms with Crippen LogP contribution in [0.25, 0.3) is 10.9 Å². The number of likely N-dealkylation sites (N-methyl/N-ethyl adjacent to an activating group) is 1. The fourth-order valence-corrected chi connectivity index (χ4v) is 2.51. The molecular weight excluding hydrogens is 292 g/mol. The number of aromatic nitrogens is 1. The molecule has 0 aliphatic heterocycles. The Morgan fingerprint density at radius 2 is 2.22 bits per heavy atom. The fourth-order valence-electron chi connectivity index (χ4n) is 2.15. The predicted octanol–water partition coefficient (Wildman–Crippen LogP) is 3.50. The lowest BCUT2D eigenvalue weighted by molar-refractivity contribution is 0.0943. The van der Waals surface area contributed by atoms with E-state index in [1.54, 1.807) is 6.20 Å². The molecule has 0 amide bonds. The smallest absolute Gasteiger partial charge is 0.181 e. The van der Waals surface area contributed by atoms with E-state index in [4.69, 9.17) is 0 Å². The van der Waals surface area contributed by atoms with Crippen LogP contribution in [0, 0.1) is 0 Å². The monoisotopic (exact) mass is 308 g/mol. The number of rotatable bonds is 5. The molecule has 2 aromatic rings. The van der Waals surface area contributed by atoms with Gasteiger partial charge in [0.15, 0.2) is 5.78 Å². The van der Waals surface area contributed by atoms with Crippen molar-refractivity contribution in [3.8, 4) is 0 Å². The second kappa shape index (κ2) is 5.67. The van der Waals surface area contributed by atoms with Crippen molar-refractivity contribution in [3.05, 3.63) is 34.4 Å². The average molecular weight is 309 g/mol. The first-order valence-electron chi connectivity index (χ1n) is 6.21. The van der Waals surface area contributed by atoms with Gasteiger partial charge in [-0.3, -0.25) is 4.79 Å². The van der Waals surface area contributed by atoms with Crippen LogP contribution in [0.3, 0.4) is 0 Å². The van der Waals surface area contributed by atoms with Gasteiger partial charge in [-0.15, -0.1) is 0 Å². The van der Waals surface area contributed by atoms with Gasteiger partial charge in [-0.2, -0.15) is 0 Å². The van der Waals surface area contributed by atoms with Gasteiger partial charge in [0.1, 0.15) is 0 Å². The second-order valence-corrected chi connectivity index (χ2v) is 5.19. The molecule has 96 valence electrons. The van der Waals surface area contributed by atoms with E-state index in [2.05, 4.69) is 26.2 Å². The molecule has 18 heavy (non-hydrogen) atoms. The minimum Gasteiger partial charge on any atom is -0.360 e. The second-order valence-electron chi connectivity index (χ2n) is 4.28. The molecule has 1 aromatic carbocycles. The van der Waals surface area contributed by atoms with Crippen LogP contribution in [0.4, 0.5) is 0 Å². The third-order valence-electron chi connectivity index (χ3n) is 3.08. The van der Waals surface area contributed by atoms with Crippen LogP contribution in [0.15, 0.2) is 28.9 Å². The maximum absolute atomic E-state index is 12.5. The lowest BCUT2D eigenvalue weighted by atomic mass is 10.0. The fraction of sp³-hybridized carbons (Fsp3) is 0.357. The van der Waals surface area contributed by atoms with Crippen molar-refractivity contribution >= 4 is 32.6 Å². The Kier molecular flexibility index (Phi) is 4.19. The van der Waals surface area contributed by atoms with Gasteiger partial charge in [0.2, 0.25) is 0 Å². The van der Waals surface area contributed by atoms with Crippen LogP contribution < -0.4 is 5.32 Å². The summed E-state index contributed by atoms with van der Waals surface area (Å²) >= 11 is 3.44. The van der Waals surface area contributed by atoms with E-state index in [1.807, 2.05) is 32.0 Å². The molecule has 1 aromatic heterocycles. The van der Waals surface area contributed by atoms with Crippen LogP contribution in [0.5, 0.6) is 0 Å². The molecule has 0 fully saturated rings. The van der Waals surface area contributed by atoms with Crippen molar-refractivity contribution in [3.63, 3.8) is 0 Å². The summed E-state index contributed by atoms with van der Waals surface area (Å²) in [6.07, 6.45) is 2.60. The normalized spacial score (nSPS) is 12.8. The topological polar surface area (TPSA) is 44.9 Å². The highest BCUT2D eigenvalue weighted by Crippen LogP contribution is 2.24. The van der Waals surface area contributed by atoms with Crippen molar-refractivity contribution in [2.45, 2.75) is 26.3 Å². The molecule has 0 spiro atoms. The minimum atomic E-state index is -0.104. The summed E-state index contributed by atoms with van der Waals surface area (Å²) < 4.78 is 0.986. The Morgan fingerprint density at radius 3 is 2.89 bits per heavy atom. The quantitative estimate of drug-likeness (QED) is 0.830. The number of benzene rings is 1. The lowest BCUT2D eigenvalue weighted by Gasteiger charge is -2.13. The molecule has 4 heteroatoms. The first kappa shape index (κ1) is 13.3. The summed E-state index contributed by atoms with van der Waals surface area (Å²) in [5.74, 6) is 0.156. The predicted molar refractivity (Wildman–Crippen MR) is 78.1 cm³/mol. The zero-order valence-electron chi connectivity index (χ0n) is 10.6. The van der Waals surface area contributed by atoms with Gasteiger partial charge >= 0.3 is 0 Å². The molecule has 3 nitrogen and oxygen atoms in total. The SMILES string of the molecule is CCNC(CC)C(=O)c1c[nH]c2ccc(Br)cc12. The van der Waals surface area contributed by atoms with Gasteiger partial charge in [0.25, 0.3) is 0 Å². The highest BCUT2D eigenvalue weighted by molar-refractivity contribution is 9.10. The summed E-state index contributed by atoms with van der Waals surface area (Å²) in [5, 5.41) is 4.20. The van der Waals surface area contributed by atoms with Crippen LogP contribution in [0.1, 0.15) is 30.6 Å². The number of Topliss-reactive ketones (excluding diaryl/α,β-unsaturated/α-hetero) is 1. The number of halogens is 1. The number of carbonyl (C=O) groups is 1. The molecule has 2 rings (SSSR count). The maximum Gasteiger partial charge on any atom is 0.181 e. The number of ketones is 1. The molecule has 0 aliphatic carbocycles. The number of hydrogen-bond acceptors (Lipinski definition) is 2. The lowest BCUT2D eigenvalue weighted by Crippen LogP contribution is -2.35. The first-order valence-corrected chi connectivity index (χ1v) is 7.00. The summed E-state index contributed by atoms with van der Waals surface area (Å²) in [5.41, 5.74) is 1.76.